The highest BCUT2D eigenvalue weighted by Gasteiger charge is 2.24. The fraction of sp³-hybridized carbons (Fsp3) is 0.0909. The average Bonchev–Trinajstić information content (AvgIpc) is 2.70. The summed E-state index contributed by atoms with van der Waals surface area (Å²) in [6, 6.07) is 19.7. The average molecular weight is 363 g/mol. The van der Waals surface area contributed by atoms with Crippen LogP contribution in [0.25, 0.3) is 0 Å². The van der Waals surface area contributed by atoms with Gasteiger partial charge in [-0.05, 0) is 31.2 Å². The number of ketones is 1. The summed E-state index contributed by atoms with van der Waals surface area (Å²) in [6.07, 6.45) is 0. The second-order valence-corrected chi connectivity index (χ2v) is 5.77. The molecule has 3 aromatic carbocycles. The van der Waals surface area contributed by atoms with Crippen LogP contribution in [-0.4, -0.2) is 18.2 Å². The Morgan fingerprint density at radius 1 is 0.889 bits per heavy atom. The summed E-state index contributed by atoms with van der Waals surface area (Å²) in [5.41, 5.74) is 0.232. The van der Waals surface area contributed by atoms with Crippen molar-refractivity contribution in [2.45, 2.75) is 6.92 Å². The van der Waals surface area contributed by atoms with Crippen LogP contribution in [0.1, 0.15) is 33.2 Å². The number of hydrogen-bond donors (Lipinski definition) is 1. The standard InChI is InChI=1S/C22H18FNO3/c1-2-24-22(26)18-14-13-17(20(25)15-9-5-3-6-10-15)19(23)21(18)27-16-11-7-4-8-12-16/h3-14H,2H2,1H3,(H,24,26). The van der Waals surface area contributed by atoms with Gasteiger partial charge < -0.3 is 10.1 Å². The second kappa shape index (κ2) is 8.27. The molecule has 0 aliphatic heterocycles. The molecule has 4 nitrogen and oxygen atoms in total. The topological polar surface area (TPSA) is 55.4 Å². The fourth-order valence-electron chi connectivity index (χ4n) is 2.62. The van der Waals surface area contributed by atoms with Crippen LogP contribution in [0.4, 0.5) is 4.39 Å². The predicted molar refractivity (Wildman–Crippen MR) is 101 cm³/mol. The molecule has 0 spiro atoms. The van der Waals surface area contributed by atoms with Gasteiger partial charge in [0.25, 0.3) is 5.91 Å². The van der Waals surface area contributed by atoms with E-state index in [0.29, 0.717) is 17.9 Å². The van der Waals surface area contributed by atoms with Crippen molar-refractivity contribution < 1.29 is 18.7 Å². The van der Waals surface area contributed by atoms with Crippen molar-refractivity contribution >= 4 is 11.7 Å². The lowest BCUT2D eigenvalue weighted by molar-refractivity contribution is 0.0950. The Hall–Kier alpha value is -3.47. The van der Waals surface area contributed by atoms with E-state index in [1.807, 2.05) is 0 Å². The Kier molecular flexibility index (Phi) is 5.61. The Balaban J connectivity index is 2.08. The summed E-state index contributed by atoms with van der Waals surface area (Å²) in [6.45, 7) is 2.15. The number of amides is 1. The largest absolute Gasteiger partial charge is 0.453 e. The van der Waals surface area contributed by atoms with Crippen LogP contribution in [0, 0.1) is 5.82 Å². The van der Waals surface area contributed by atoms with Crippen LogP contribution in [0.5, 0.6) is 11.5 Å². The molecule has 0 aromatic heterocycles. The Labute approximate surface area is 156 Å². The molecule has 0 aliphatic rings. The lowest BCUT2D eigenvalue weighted by Gasteiger charge is -2.14. The highest BCUT2D eigenvalue weighted by Crippen LogP contribution is 2.31. The summed E-state index contributed by atoms with van der Waals surface area (Å²) in [5, 5.41) is 2.63. The van der Waals surface area contributed by atoms with Crippen molar-refractivity contribution in [3.8, 4) is 11.5 Å². The van der Waals surface area contributed by atoms with Crippen molar-refractivity contribution in [3.63, 3.8) is 0 Å². The van der Waals surface area contributed by atoms with Crippen LogP contribution in [0.3, 0.4) is 0 Å². The molecule has 0 unspecified atom stereocenters. The minimum Gasteiger partial charge on any atom is -0.453 e. The molecule has 0 bridgehead atoms. The zero-order valence-corrected chi connectivity index (χ0v) is 14.7. The van der Waals surface area contributed by atoms with Crippen molar-refractivity contribution in [2.75, 3.05) is 6.54 Å². The first-order chi connectivity index (χ1) is 13.1. The number of rotatable bonds is 6. The molecular weight excluding hydrogens is 345 g/mol. The van der Waals surface area contributed by atoms with E-state index in [-0.39, 0.29) is 16.9 Å². The van der Waals surface area contributed by atoms with Crippen molar-refractivity contribution in [3.05, 3.63) is 95.3 Å². The van der Waals surface area contributed by atoms with Crippen LogP contribution >= 0.6 is 0 Å². The number of carbonyl (C=O) groups excluding carboxylic acids is 2. The van der Waals surface area contributed by atoms with Crippen LogP contribution in [0.2, 0.25) is 0 Å². The molecule has 3 rings (SSSR count). The van der Waals surface area contributed by atoms with E-state index in [1.54, 1.807) is 67.6 Å². The normalized spacial score (nSPS) is 10.3. The van der Waals surface area contributed by atoms with Gasteiger partial charge in [0.05, 0.1) is 11.1 Å². The molecule has 0 radical (unpaired) electrons. The van der Waals surface area contributed by atoms with Crippen LogP contribution in [0.15, 0.2) is 72.8 Å². The summed E-state index contributed by atoms with van der Waals surface area (Å²) < 4.78 is 20.9. The molecule has 1 amide bonds. The Morgan fingerprint density at radius 3 is 2.11 bits per heavy atom. The van der Waals surface area contributed by atoms with Crippen LogP contribution < -0.4 is 10.1 Å². The fourth-order valence-corrected chi connectivity index (χ4v) is 2.62. The molecule has 0 saturated carbocycles. The van der Waals surface area contributed by atoms with E-state index in [9.17, 15) is 9.59 Å². The summed E-state index contributed by atoms with van der Waals surface area (Å²) in [4.78, 5) is 25.0. The van der Waals surface area contributed by atoms with Gasteiger partial charge in [-0.3, -0.25) is 9.59 Å². The van der Waals surface area contributed by atoms with E-state index in [4.69, 9.17) is 4.74 Å². The van der Waals surface area contributed by atoms with Crippen LogP contribution in [-0.2, 0) is 0 Å². The Bertz CT molecular complexity index is 956. The van der Waals surface area contributed by atoms with Crippen molar-refractivity contribution in [1.29, 1.82) is 0 Å². The molecular formula is C22H18FNO3. The number of hydrogen-bond acceptors (Lipinski definition) is 3. The third-order valence-corrected chi connectivity index (χ3v) is 3.92. The molecule has 0 atom stereocenters. The summed E-state index contributed by atoms with van der Waals surface area (Å²) in [7, 11) is 0. The summed E-state index contributed by atoms with van der Waals surface area (Å²) in [5.74, 6) is -1.72. The third kappa shape index (κ3) is 4.03. The second-order valence-electron chi connectivity index (χ2n) is 5.77. The molecule has 3 aromatic rings. The van der Waals surface area contributed by atoms with Gasteiger partial charge in [-0.2, -0.15) is 0 Å². The van der Waals surface area contributed by atoms with Gasteiger partial charge in [-0.15, -0.1) is 0 Å². The zero-order chi connectivity index (χ0) is 19.2. The van der Waals surface area contributed by atoms with Gasteiger partial charge in [0.2, 0.25) is 0 Å². The van der Waals surface area contributed by atoms with Gasteiger partial charge in [-0.25, -0.2) is 4.39 Å². The quantitative estimate of drug-likeness (QED) is 0.651. The van der Waals surface area contributed by atoms with E-state index >= 15 is 4.39 Å². The van der Waals surface area contributed by atoms with Gasteiger partial charge in [0, 0.05) is 12.1 Å². The first-order valence-corrected chi connectivity index (χ1v) is 8.55. The number of nitrogens with one attached hydrogen (secondary N) is 1. The van der Waals surface area contributed by atoms with Crippen molar-refractivity contribution in [1.82, 2.24) is 5.32 Å². The van der Waals surface area contributed by atoms with Gasteiger partial charge >= 0.3 is 0 Å². The number of benzene rings is 3. The van der Waals surface area contributed by atoms with Gasteiger partial charge in [-0.1, -0.05) is 48.5 Å². The molecule has 0 saturated heterocycles. The minimum absolute atomic E-state index is 0.0304. The first kappa shape index (κ1) is 18.3. The molecule has 136 valence electrons. The maximum absolute atomic E-state index is 15.2. The smallest absolute Gasteiger partial charge is 0.255 e. The maximum atomic E-state index is 15.2. The molecule has 27 heavy (non-hydrogen) atoms. The highest BCUT2D eigenvalue weighted by atomic mass is 19.1. The Morgan fingerprint density at radius 2 is 1.48 bits per heavy atom. The first-order valence-electron chi connectivity index (χ1n) is 8.55. The molecule has 5 heteroatoms. The molecule has 0 fully saturated rings. The third-order valence-electron chi connectivity index (χ3n) is 3.92. The molecule has 1 N–H and O–H groups in total. The maximum Gasteiger partial charge on any atom is 0.255 e. The molecule has 0 aliphatic carbocycles. The van der Waals surface area contributed by atoms with E-state index in [1.165, 1.54) is 12.1 Å². The molecule has 0 heterocycles. The van der Waals surface area contributed by atoms with E-state index < -0.39 is 17.5 Å². The lowest BCUT2D eigenvalue weighted by atomic mass is 10.00. The monoisotopic (exact) mass is 363 g/mol. The van der Waals surface area contributed by atoms with Gasteiger partial charge in [0.1, 0.15) is 5.75 Å². The minimum atomic E-state index is -0.864. The van der Waals surface area contributed by atoms with E-state index in [2.05, 4.69) is 5.32 Å². The summed E-state index contributed by atoms with van der Waals surface area (Å²) >= 11 is 0. The van der Waals surface area contributed by atoms with E-state index in [0.717, 1.165) is 0 Å². The number of halogens is 1. The predicted octanol–water partition coefficient (Wildman–Crippen LogP) is 4.60. The highest BCUT2D eigenvalue weighted by molar-refractivity contribution is 6.10. The number of carbonyl (C=O) groups is 2. The van der Waals surface area contributed by atoms with Crippen molar-refractivity contribution in [2.24, 2.45) is 0 Å². The lowest BCUT2D eigenvalue weighted by Crippen LogP contribution is -2.24. The number of ether oxygens (including phenoxy) is 1. The van der Waals surface area contributed by atoms with Gasteiger partial charge in [0.15, 0.2) is 17.3 Å². The number of para-hydroxylation sites is 1. The zero-order valence-electron chi connectivity index (χ0n) is 14.7. The SMILES string of the molecule is CCNC(=O)c1ccc(C(=O)c2ccccc2)c(F)c1Oc1ccccc1.